The Kier molecular flexibility index (Phi) is 6.08. The van der Waals surface area contributed by atoms with Gasteiger partial charge in [0, 0.05) is 42.9 Å². The highest BCUT2D eigenvalue weighted by molar-refractivity contribution is 6.33. The number of rotatable bonds is 5. The second-order valence-corrected chi connectivity index (χ2v) is 9.15. The fourth-order valence-electron chi connectivity index (χ4n) is 5.11. The van der Waals surface area contributed by atoms with Crippen LogP contribution < -0.4 is 10.2 Å². The van der Waals surface area contributed by atoms with Gasteiger partial charge in [0.2, 0.25) is 0 Å². The zero-order valence-electron chi connectivity index (χ0n) is 18.3. The van der Waals surface area contributed by atoms with Crippen LogP contribution >= 0.6 is 11.6 Å². The molecule has 2 aliphatic heterocycles. The van der Waals surface area contributed by atoms with Crippen LogP contribution in [0.1, 0.15) is 35.2 Å². The van der Waals surface area contributed by atoms with Gasteiger partial charge in [0.25, 0.3) is 0 Å². The van der Waals surface area contributed by atoms with Crippen molar-refractivity contribution in [1.29, 1.82) is 0 Å². The topological polar surface area (TPSA) is 71.0 Å². The molecular weight excluding hydrogens is 486 g/mol. The maximum atomic E-state index is 14.8. The molecule has 11 heteroatoms. The van der Waals surface area contributed by atoms with E-state index >= 15 is 0 Å². The number of pyridine rings is 1. The minimum Gasteiger partial charge on any atom is -0.366 e. The number of carbonyl (C=O) groups excluding carboxylic acids is 1. The Hall–Kier alpha value is -3.27. The molecule has 3 aliphatic rings. The van der Waals surface area contributed by atoms with Crippen LogP contribution in [0.4, 0.5) is 29.1 Å². The molecule has 2 aromatic heterocycles. The Bertz CT molecular complexity index is 1260. The summed E-state index contributed by atoms with van der Waals surface area (Å²) < 4.78 is 53.8. The van der Waals surface area contributed by atoms with Crippen LogP contribution in [0.5, 0.6) is 0 Å². The summed E-state index contributed by atoms with van der Waals surface area (Å²) in [5.41, 5.74) is -0.154. The predicted molar refractivity (Wildman–Crippen MR) is 123 cm³/mol. The van der Waals surface area contributed by atoms with E-state index in [0.717, 1.165) is 31.5 Å². The molecule has 1 aliphatic carbocycles. The number of piperidine rings is 2. The molecule has 2 saturated heterocycles. The first kappa shape index (κ1) is 23.5. The highest BCUT2D eigenvalue weighted by Gasteiger charge is 2.42. The number of anilines is 2. The zero-order chi connectivity index (χ0) is 24.7. The van der Waals surface area contributed by atoms with Gasteiger partial charge in [-0.15, -0.1) is 0 Å². The molecule has 1 saturated carbocycles. The average Bonchev–Trinajstić information content (AvgIpc) is 2.85. The number of nitrogens with zero attached hydrogens (tertiary/aromatic N) is 4. The number of hydrogen-bond donors (Lipinski definition) is 1. The number of aldehydes is 1. The van der Waals surface area contributed by atoms with Crippen LogP contribution in [0, 0.1) is 11.7 Å². The van der Waals surface area contributed by atoms with Gasteiger partial charge in [-0.1, -0.05) is 11.6 Å². The van der Waals surface area contributed by atoms with Crippen molar-refractivity contribution >= 4 is 29.4 Å². The Labute approximate surface area is 203 Å². The van der Waals surface area contributed by atoms with E-state index in [9.17, 15) is 22.4 Å². The van der Waals surface area contributed by atoms with E-state index in [1.807, 2.05) is 0 Å². The van der Waals surface area contributed by atoms with Crippen LogP contribution in [-0.4, -0.2) is 39.9 Å². The van der Waals surface area contributed by atoms with Crippen LogP contribution in [0.15, 0.2) is 42.9 Å². The molecule has 0 unspecified atom stereocenters. The number of hydrogen-bond acceptors (Lipinski definition) is 6. The van der Waals surface area contributed by atoms with Crippen molar-refractivity contribution in [3.05, 3.63) is 64.8 Å². The minimum atomic E-state index is -4.54. The summed E-state index contributed by atoms with van der Waals surface area (Å²) in [5, 5.41) is 3.10. The third-order valence-corrected chi connectivity index (χ3v) is 6.94. The van der Waals surface area contributed by atoms with Crippen LogP contribution in [-0.2, 0) is 6.18 Å². The molecule has 0 radical (unpaired) electrons. The predicted octanol–water partition coefficient (Wildman–Crippen LogP) is 5.63. The van der Waals surface area contributed by atoms with Crippen molar-refractivity contribution in [2.24, 2.45) is 5.92 Å². The van der Waals surface area contributed by atoms with E-state index in [1.165, 1.54) is 18.5 Å². The van der Waals surface area contributed by atoms with Crippen molar-refractivity contribution in [3.8, 4) is 11.4 Å². The van der Waals surface area contributed by atoms with Crippen molar-refractivity contribution in [1.82, 2.24) is 15.0 Å². The maximum absolute atomic E-state index is 14.8. The first-order valence-corrected chi connectivity index (χ1v) is 11.4. The van der Waals surface area contributed by atoms with E-state index in [0.29, 0.717) is 18.5 Å². The van der Waals surface area contributed by atoms with Crippen LogP contribution in [0.25, 0.3) is 11.4 Å². The summed E-state index contributed by atoms with van der Waals surface area (Å²) in [4.78, 5) is 26.4. The van der Waals surface area contributed by atoms with Gasteiger partial charge in [0.05, 0.1) is 21.7 Å². The molecule has 3 aromatic rings. The molecule has 3 atom stereocenters. The molecule has 6 nitrogen and oxygen atoms in total. The molecule has 3 fully saturated rings. The average molecular weight is 506 g/mol. The lowest BCUT2D eigenvalue weighted by Crippen LogP contribution is -2.58. The maximum Gasteiger partial charge on any atom is 0.417 e. The van der Waals surface area contributed by atoms with Crippen molar-refractivity contribution < 1.29 is 22.4 Å². The monoisotopic (exact) mass is 505 g/mol. The number of carbonyl (C=O) groups is 1. The van der Waals surface area contributed by atoms with Crippen molar-refractivity contribution in [2.45, 2.75) is 37.5 Å². The number of benzene rings is 1. The molecule has 0 spiro atoms. The normalized spacial score (nSPS) is 21.7. The molecule has 6 rings (SSSR count). The Morgan fingerprint density at radius 3 is 2.57 bits per heavy atom. The lowest BCUT2D eigenvalue weighted by molar-refractivity contribution is -0.137. The molecule has 0 amide bonds. The summed E-state index contributed by atoms with van der Waals surface area (Å²) in [6, 6.07) is 5.05. The van der Waals surface area contributed by atoms with E-state index < -0.39 is 17.6 Å². The van der Waals surface area contributed by atoms with Crippen LogP contribution in [0.3, 0.4) is 0 Å². The second-order valence-electron chi connectivity index (χ2n) is 8.75. The molecular formula is C24H20ClF4N5O. The standard InChI is InChI=1S/C24H20ClF4N5O/c25-16-9-14(24(27,28)29)10-32-22(16)33-18-8-13-2-4-20(18)34(11-13)19-5-3-17(26)21(15(19)12-35)23-30-6-1-7-31-23/h1,3,5-7,9-10,12-13,18,20H,2,4,8,11H2,(H,32,33)/t13-,18-,20+/m1/s1. The number of fused-ring (bicyclic) bond motifs is 3. The van der Waals surface area contributed by atoms with Gasteiger partial charge in [-0.3, -0.25) is 4.79 Å². The van der Waals surface area contributed by atoms with E-state index in [4.69, 9.17) is 11.6 Å². The van der Waals surface area contributed by atoms with Crippen molar-refractivity contribution in [3.63, 3.8) is 0 Å². The quantitative estimate of drug-likeness (QED) is 0.358. The van der Waals surface area contributed by atoms with Gasteiger partial charge in [-0.2, -0.15) is 13.2 Å². The summed E-state index contributed by atoms with van der Waals surface area (Å²) >= 11 is 6.12. The van der Waals surface area contributed by atoms with E-state index in [2.05, 4.69) is 25.2 Å². The molecule has 182 valence electrons. The second kappa shape index (κ2) is 9.07. The molecule has 4 heterocycles. The van der Waals surface area contributed by atoms with Crippen LogP contribution in [0.2, 0.25) is 5.02 Å². The molecule has 2 bridgehead atoms. The number of nitrogens with one attached hydrogen (secondary N) is 1. The summed E-state index contributed by atoms with van der Waals surface area (Å²) in [6.45, 7) is 0.665. The zero-order valence-corrected chi connectivity index (χ0v) is 19.0. The fraction of sp³-hybridized carbons (Fsp3) is 0.333. The van der Waals surface area contributed by atoms with Gasteiger partial charge in [0.15, 0.2) is 12.1 Å². The van der Waals surface area contributed by atoms with Gasteiger partial charge < -0.3 is 10.2 Å². The summed E-state index contributed by atoms with van der Waals surface area (Å²) in [7, 11) is 0. The summed E-state index contributed by atoms with van der Waals surface area (Å²) in [6.07, 6.45) is 2.32. The van der Waals surface area contributed by atoms with E-state index in [-0.39, 0.29) is 45.8 Å². The largest absolute Gasteiger partial charge is 0.417 e. The lowest BCUT2D eigenvalue weighted by Gasteiger charge is -2.51. The third kappa shape index (κ3) is 4.42. The number of halogens is 5. The number of alkyl halides is 3. The van der Waals surface area contributed by atoms with Crippen molar-refractivity contribution in [2.75, 3.05) is 16.8 Å². The Morgan fingerprint density at radius 1 is 1.14 bits per heavy atom. The lowest BCUT2D eigenvalue weighted by atomic mass is 9.76. The smallest absolute Gasteiger partial charge is 0.366 e. The van der Waals surface area contributed by atoms with Gasteiger partial charge in [0.1, 0.15) is 11.6 Å². The minimum absolute atomic E-state index is 0.0384. The Morgan fingerprint density at radius 2 is 1.91 bits per heavy atom. The van der Waals surface area contributed by atoms with E-state index in [1.54, 1.807) is 12.1 Å². The molecule has 1 aromatic carbocycles. The molecule has 1 N–H and O–H groups in total. The summed E-state index contributed by atoms with van der Waals surface area (Å²) in [5.74, 6) is -0.0388. The highest BCUT2D eigenvalue weighted by Crippen LogP contribution is 2.42. The van der Waals surface area contributed by atoms with Gasteiger partial charge >= 0.3 is 6.18 Å². The first-order chi connectivity index (χ1) is 16.8. The van der Waals surface area contributed by atoms with Gasteiger partial charge in [-0.25, -0.2) is 19.3 Å². The molecule has 35 heavy (non-hydrogen) atoms. The van der Waals surface area contributed by atoms with Gasteiger partial charge in [-0.05, 0) is 49.4 Å². The highest BCUT2D eigenvalue weighted by atomic mass is 35.5. The third-order valence-electron chi connectivity index (χ3n) is 6.66. The SMILES string of the molecule is O=Cc1c(N2C[C@@H]3CC[C@H]2[C@H](Nc2ncc(C(F)(F)F)cc2Cl)C3)ccc(F)c1-c1ncccn1. The first-order valence-electron chi connectivity index (χ1n) is 11.1. The fourth-order valence-corrected chi connectivity index (χ4v) is 5.33. The number of aromatic nitrogens is 3. The Balaban J connectivity index is 1.48.